The molecule has 0 bridgehead atoms. The van der Waals surface area contributed by atoms with Crippen LogP contribution in [0.15, 0.2) is 33.2 Å². The Labute approximate surface area is 143 Å². The molecule has 0 aliphatic heterocycles. The first-order valence-electron chi connectivity index (χ1n) is 7.31. The van der Waals surface area contributed by atoms with Crippen LogP contribution in [-0.2, 0) is 0 Å². The molecule has 0 fully saturated rings. The Balaban J connectivity index is 2.00. The third-order valence-corrected chi connectivity index (χ3v) is 4.36. The van der Waals surface area contributed by atoms with Gasteiger partial charge in [0.25, 0.3) is 5.91 Å². The van der Waals surface area contributed by atoms with Crippen LogP contribution in [0.1, 0.15) is 33.1 Å². The second-order valence-electron chi connectivity index (χ2n) is 5.69. The summed E-state index contributed by atoms with van der Waals surface area (Å²) in [5.74, 6) is 0.0733. The van der Waals surface area contributed by atoms with Gasteiger partial charge in [0.2, 0.25) is 0 Å². The molecule has 0 aliphatic carbocycles. The first-order chi connectivity index (χ1) is 10.9. The number of nitrogens with one attached hydrogen (secondary N) is 1. The maximum absolute atomic E-state index is 12.6. The zero-order valence-corrected chi connectivity index (χ0v) is 15.0. The smallest absolute Gasteiger partial charge is 0.291 e. The third kappa shape index (κ3) is 2.88. The lowest BCUT2D eigenvalue weighted by Crippen LogP contribution is -2.14. The number of aryl methyl sites for hydroxylation is 4. The van der Waals surface area contributed by atoms with E-state index in [9.17, 15) is 4.79 Å². The molecule has 0 radical (unpaired) electrons. The fourth-order valence-electron chi connectivity index (χ4n) is 2.79. The van der Waals surface area contributed by atoms with Crippen LogP contribution in [0.5, 0.6) is 0 Å². The fraction of sp³-hybridized carbons (Fsp3) is 0.222. The Morgan fingerprint density at radius 1 is 1.17 bits per heavy atom. The summed E-state index contributed by atoms with van der Waals surface area (Å²) in [6.07, 6.45) is 0. The maximum atomic E-state index is 12.6. The van der Waals surface area contributed by atoms with Gasteiger partial charge in [-0.15, -0.1) is 0 Å². The molecule has 0 saturated carbocycles. The molecule has 0 saturated heterocycles. The lowest BCUT2D eigenvalue weighted by molar-refractivity contribution is 0.0997. The highest BCUT2D eigenvalue weighted by Gasteiger charge is 2.19. The minimum absolute atomic E-state index is 0.258. The number of hydrogen-bond acceptors (Lipinski definition) is 3. The summed E-state index contributed by atoms with van der Waals surface area (Å²) in [6, 6.07) is 7.65. The van der Waals surface area contributed by atoms with E-state index in [4.69, 9.17) is 4.42 Å². The van der Waals surface area contributed by atoms with Crippen molar-refractivity contribution in [2.24, 2.45) is 0 Å². The third-order valence-electron chi connectivity index (χ3n) is 3.87. The number of fused-ring (bicyclic) bond motifs is 1. The van der Waals surface area contributed by atoms with Crippen LogP contribution in [0.25, 0.3) is 11.0 Å². The number of pyridine rings is 1. The lowest BCUT2D eigenvalue weighted by atomic mass is 10.1. The number of halogens is 1. The van der Waals surface area contributed by atoms with Crippen LogP contribution in [0, 0.1) is 27.7 Å². The van der Waals surface area contributed by atoms with Gasteiger partial charge in [0.1, 0.15) is 5.58 Å². The lowest BCUT2D eigenvalue weighted by Gasteiger charge is -2.11. The fourth-order valence-corrected chi connectivity index (χ4v) is 3.15. The van der Waals surface area contributed by atoms with Crippen LogP contribution in [0.2, 0.25) is 0 Å². The van der Waals surface area contributed by atoms with Gasteiger partial charge >= 0.3 is 0 Å². The second kappa shape index (κ2) is 5.81. The Morgan fingerprint density at radius 3 is 2.61 bits per heavy atom. The van der Waals surface area contributed by atoms with E-state index in [1.165, 1.54) is 0 Å². The van der Waals surface area contributed by atoms with E-state index < -0.39 is 0 Å². The molecule has 0 spiro atoms. The Hall–Kier alpha value is -2.14. The normalized spacial score (nSPS) is 11.0. The van der Waals surface area contributed by atoms with Gasteiger partial charge in [0.15, 0.2) is 5.76 Å². The van der Waals surface area contributed by atoms with Crippen LogP contribution < -0.4 is 5.32 Å². The van der Waals surface area contributed by atoms with Crippen LogP contribution in [-0.4, -0.2) is 10.9 Å². The number of anilines is 1. The van der Waals surface area contributed by atoms with Crippen LogP contribution >= 0.6 is 15.9 Å². The molecule has 5 heteroatoms. The van der Waals surface area contributed by atoms with Gasteiger partial charge in [-0.25, -0.2) is 0 Å². The van der Waals surface area contributed by atoms with E-state index in [1.54, 1.807) is 0 Å². The molecule has 23 heavy (non-hydrogen) atoms. The molecule has 4 nitrogen and oxygen atoms in total. The summed E-state index contributed by atoms with van der Waals surface area (Å²) in [5, 5.41) is 3.86. The Bertz CT molecular complexity index is 905. The van der Waals surface area contributed by atoms with E-state index in [1.807, 2.05) is 52.0 Å². The molecule has 1 amide bonds. The quantitative estimate of drug-likeness (QED) is 0.682. The minimum atomic E-state index is -0.258. The van der Waals surface area contributed by atoms with E-state index in [0.717, 1.165) is 38.1 Å². The Kier molecular flexibility index (Phi) is 3.98. The number of hydrogen-bond donors (Lipinski definition) is 1. The number of benzene rings is 1. The molecule has 0 aliphatic rings. The molecular formula is C18H17BrN2O2. The van der Waals surface area contributed by atoms with Crippen molar-refractivity contribution in [1.82, 2.24) is 4.98 Å². The number of furan rings is 1. The van der Waals surface area contributed by atoms with Crippen molar-refractivity contribution in [3.8, 4) is 0 Å². The first kappa shape index (κ1) is 15.7. The highest BCUT2D eigenvalue weighted by atomic mass is 79.9. The maximum Gasteiger partial charge on any atom is 0.291 e. The van der Waals surface area contributed by atoms with Crippen LogP contribution in [0.4, 0.5) is 5.69 Å². The molecule has 3 aromatic rings. The number of carbonyl (C=O) groups is 1. The van der Waals surface area contributed by atoms with E-state index in [0.29, 0.717) is 11.3 Å². The molecule has 0 atom stereocenters. The summed E-state index contributed by atoms with van der Waals surface area (Å²) < 4.78 is 6.69. The molecule has 1 N–H and O–H groups in total. The number of amides is 1. The molecule has 2 aromatic heterocycles. The summed E-state index contributed by atoms with van der Waals surface area (Å²) in [7, 11) is 0. The second-order valence-corrected chi connectivity index (χ2v) is 6.61. The highest BCUT2D eigenvalue weighted by Crippen LogP contribution is 2.29. The SMILES string of the molecule is Cc1cc(C)c(NC(=O)c2oc3ccc(Br)cc3c2C)c(C)n1. The molecule has 118 valence electrons. The standard InChI is InChI=1S/C18H17BrN2O2/c1-9-7-10(2)20-12(4)16(9)21-18(22)17-11(3)14-8-13(19)5-6-15(14)23-17/h5-8H,1-4H3,(H,21,22). The summed E-state index contributed by atoms with van der Waals surface area (Å²) in [6.45, 7) is 7.67. The van der Waals surface area contributed by atoms with Gasteiger partial charge in [-0.3, -0.25) is 9.78 Å². The van der Waals surface area contributed by atoms with Crippen molar-refractivity contribution >= 4 is 38.5 Å². The molecule has 0 unspecified atom stereocenters. The topological polar surface area (TPSA) is 55.1 Å². The van der Waals surface area contributed by atoms with Gasteiger partial charge in [-0.05, 0) is 57.5 Å². The average Bonchev–Trinajstić information content (AvgIpc) is 2.80. The van der Waals surface area contributed by atoms with Crippen LogP contribution in [0.3, 0.4) is 0 Å². The molecular weight excluding hydrogens is 356 g/mol. The van der Waals surface area contributed by atoms with Crippen molar-refractivity contribution in [3.63, 3.8) is 0 Å². The van der Waals surface area contributed by atoms with E-state index in [-0.39, 0.29) is 5.91 Å². The van der Waals surface area contributed by atoms with Crippen molar-refractivity contribution < 1.29 is 9.21 Å². The van der Waals surface area contributed by atoms with Crippen molar-refractivity contribution in [2.45, 2.75) is 27.7 Å². The van der Waals surface area contributed by atoms with Crippen molar-refractivity contribution in [1.29, 1.82) is 0 Å². The molecule has 1 aromatic carbocycles. The van der Waals surface area contributed by atoms with Crippen molar-refractivity contribution in [3.05, 3.63) is 57.0 Å². The Morgan fingerprint density at radius 2 is 1.91 bits per heavy atom. The zero-order valence-electron chi connectivity index (χ0n) is 13.5. The summed E-state index contributed by atoms with van der Waals surface area (Å²) >= 11 is 3.44. The van der Waals surface area contributed by atoms with Gasteiger partial charge in [-0.1, -0.05) is 15.9 Å². The van der Waals surface area contributed by atoms with E-state index in [2.05, 4.69) is 26.2 Å². The number of carbonyl (C=O) groups excluding carboxylic acids is 1. The monoisotopic (exact) mass is 372 g/mol. The van der Waals surface area contributed by atoms with Gasteiger partial charge in [0, 0.05) is 21.1 Å². The summed E-state index contributed by atoms with van der Waals surface area (Å²) in [5.41, 5.74) is 4.98. The molecule has 2 heterocycles. The van der Waals surface area contributed by atoms with Gasteiger partial charge in [0.05, 0.1) is 11.4 Å². The summed E-state index contributed by atoms with van der Waals surface area (Å²) in [4.78, 5) is 17.0. The van der Waals surface area contributed by atoms with Crippen molar-refractivity contribution in [2.75, 3.05) is 5.32 Å². The first-order valence-corrected chi connectivity index (χ1v) is 8.11. The number of rotatable bonds is 2. The molecule has 3 rings (SSSR count). The zero-order chi connectivity index (χ0) is 16.7. The average molecular weight is 373 g/mol. The number of nitrogens with zero attached hydrogens (tertiary/aromatic N) is 1. The largest absolute Gasteiger partial charge is 0.451 e. The number of aromatic nitrogens is 1. The minimum Gasteiger partial charge on any atom is -0.451 e. The van der Waals surface area contributed by atoms with Gasteiger partial charge < -0.3 is 9.73 Å². The van der Waals surface area contributed by atoms with E-state index >= 15 is 0 Å². The highest BCUT2D eigenvalue weighted by molar-refractivity contribution is 9.10. The predicted octanol–water partition coefficient (Wildman–Crippen LogP) is 5.08. The predicted molar refractivity (Wildman–Crippen MR) is 95.1 cm³/mol. The van der Waals surface area contributed by atoms with Gasteiger partial charge in [-0.2, -0.15) is 0 Å².